The lowest BCUT2D eigenvalue weighted by Gasteiger charge is -1.99. The molecule has 7 nitrogen and oxygen atoms in total. The van der Waals surface area contributed by atoms with Gasteiger partial charge in [0.05, 0.1) is 11.1 Å². The molecule has 0 aliphatic heterocycles. The summed E-state index contributed by atoms with van der Waals surface area (Å²) in [6.07, 6.45) is -1.81. The van der Waals surface area contributed by atoms with Gasteiger partial charge in [0, 0.05) is 17.4 Å². The summed E-state index contributed by atoms with van der Waals surface area (Å²) in [6.45, 7) is 0. The second kappa shape index (κ2) is 7.83. The molecule has 1 aromatic carbocycles. The predicted octanol–water partition coefficient (Wildman–Crippen LogP) is 3.79. The molecule has 136 valence electrons. The Bertz CT molecular complexity index is 901. The fourth-order valence-corrected chi connectivity index (χ4v) is 1.79. The highest BCUT2D eigenvalue weighted by atomic mass is 35.5. The zero-order valence-corrected chi connectivity index (χ0v) is 13.4. The molecule has 2 N–H and O–H groups in total. The number of alkyl halides is 3. The van der Waals surface area contributed by atoms with Gasteiger partial charge < -0.3 is 14.6 Å². The number of hydrogen-bond acceptors (Lipinski definition) is 6. The van der Waals surface area contributed by atoms with Crippen molar-refractivity contribution in [1.29, 1.82) is 0 Å². The fourth-order valence-electron chi connectivity index (χ4n) is 1.62. The van der Waals surface area contributed by atoms with Crippen molar-refractivity contribution in [3.8, 4) is 28.7 Å². The normalized spacial score (nSPS) is 10.8. The first-order valence-corrected chi connectivity index (χ1v) is 7.09. The summed E-state index contributed by atoms with van der Waals surface area (Å²) in [5.41, 5.74) is 1.11. The van der Waals surface area contributed by atoms with Crippen LogP contribution in [-0.4, -0.2) is 37.5 Å². The summed E-state index contributed by atoms with van der Waals surface area (Å²) >= 11 is 5.88. The van der Waals surface area contributed by atoms with Crippen molar-refractivity contribution in [2.75, 3.05) is 0 Å². The van der Waals surface area contributed by atoms with Gasteiger partial charge in [-0.1, -0.05) is 11.6 Å². The molecule has 11 heteroatoms. The van der Waals surface area contributed by atoms with Crippen molar-refractivity contribution >= 4 is 17.6 Å². The van der Waals surface area contributed by atoms with Crippen LogP contribution in [0.25, 0.3) is 22.9 Å². The molecular weight excluding hydrogens is 379 g/mol. The molecule has 0 aliphatic rings. The minimum atomic E-state index is -5.08. The molecule has 0 unspecified atom stereocenters. The molecule has 0 radical (unpaired) electrons. The van der Waals surface area contributed by atoms with Crippen LogP contribution in [0.1, 0.15) is 0 Å². The second-order valence-corrected chi connectivity index (χ2v) is 5.05. The fraction of sp³-hybridized carbons (Fsp3) is 0.0667. The van der Waals surface area contributed by atoms with E-state index in [1.165, 1.54) is 6.07 Å². The van der Waals surface area contributed by atoms with E-state index in [0.29, 0.717) is 22.0 Å². The lowest BCUT2D eigenvalue weighted by Crippen LogP contribution is -2.21. The molecule has 0 atom stereocenters. The van der Waals surface area contributed by atoms with E-state index in [-0.39, 0.29) is 11.6 Å². The van der Waals surface area contributed by atoms with Crippen LogP contribution in [0.4, 0.5) is 13.2 Å². The number of halogens is 4. The van der Waals surface area contributed by atoms with Gasteiger partial charge in [-0.15, -0.1) is 10.2 Å². The number of rotatable bonds is 2. The second-order valence-electron chi connectivity index (χ2n) is 4.62. The van der Waals surface area contributed by atoms with Gasteiger partial charge in [0.1, 0.15) is 5.75 Å². The largest absolute Gasteiger partial charge is 0.507 e. The van der Waals surface area contributed by atoms with Crippen molar-refractivity contribution in [2.45, 2.75) is 6.18 Å². The monoisotopic (exact) mass is 387 g/mol. The Morgan fingerprint density at radius 1 is 1.15 bits per heavy atom. The number of phenolic OH excluding ortho intramolecular Hbond substituents is 1. The maximum absolute atomic E-state index is 10.6. The van der Waals surface area contributed by atoms with Crippen LogP contribution < -0.4 is 0 Å². The van der Waals surface area contributed by atoms with Crippen molar-refractivity contribution in [2.24, 2.45) is 0 Å². The number of aromatic nitrogens is 3. The lowest BCUT2D eigenvalue weighted by molar-refractivity contribution is -0.192. The number of carboxylic acid groups (broad SMARTS) is 1. The van der Waals surface area contributed by atoms with Gasteiger partial charge in [0.2, 0.25) is 5.89 Å². The van der Waals surface area contributed by atoms with Gasteiger partial charge in [0.25, 0.3) is 5.89 Å². The van der Waals surface area contributed by atoms with Crippen molar-refractivity contribution in [3.63, 3.8) is 0 Å². The summed E-state index contributed by atoms with van der Waals surface area (Å²) < 4.78 is 37.2. The topological polar surface area (TPSA) is 109 Å². The molecule has 26 heavy (non-hydrogen) atoms. The van der Waals surface area contributed by atoms with Crippen LogP contribution in [0.2, 0.25) is 5.02 Å². The first-order chi connectivity index (χ1) is 12.2. The summed E-state index contributed by atoms with van der Waals surface area (Å²) in [4.78, 5) is 12.9. The Kier molecular flexibility index (Phi) is 5.78. The van der Waals surface area contributed by atoms with Gasteiger partial charge in [-0.05, 0) is 30.3 Å². The Morgan fingerprint density at radius 2 is 1.81 bits per heavy atom. The third-order valence-electron chi connectivity index (χ3n) is 2.76. The van der Waals surface area contributed by atoms with E-state index in [0.717, 1.165) is 0 Å². The predicted molar refractivity (Wildman–Crippen MR) is 83.3 cm³/mol. The highest BCUT2D eigenvalue weighted by Gasteiger charge is 2.38. The molecule has 0 bridgehead atoms. The Balaban J connectivity index is 0.000000298. The van der Waals surface area contributed by atoms with Gasteiger partial charge >= 0.3 is 12.1 Å². The number of nitrogens with zero attached hydrogens (tertiary/aromatic N) is 3. The van der Waals surface area contributed by atoms with E-state index < -0.39 is 12.1 Å². The van der Waals surface area contributed by atoms with E-state index in [4.69, 9.17) is 25.9 Å². The zero-order chi connectivity index (χ0) is 19.3. The zero-order valence-electron chi connectivity index (χ0n) is 12.6. The summed E-state index contributed by atoms with van der Waals surface area (Å²) in [5.74, 6) is -2.18. The van der Waals surface area contributed by atoms with E-state index in [1.807, 2.05) is 6.07 Å². The van der Waals surface area contributed by atoms with Crippen molar-refractivity contribution < 1.29 is 32.6 Å². The number of aliphatic carboxylic acids is 1. The molecule has 0 fully saturated rings. The highest BCUT2D eigenvalue weighted by molar-refractivity contribution is 6.30. The van der Waals surface area contributed by atoms with E-state index in [2.05, 4.69) is 15.2 Å². The smallest absolute Gasteiger partial charge is 0.490 e. The van der Waals surface area contributed by atoms with Gasteiger partial charge in [-0.3, -0.25) is 4.98 Å². The standard InChI is InChI=1S/C13H8ClN3O2.C2HF3O2/c14-9-3-4-11(18)10(6-9)13-17-16-12(19-13)8-2-1-5-15-7-8;3-2(4,5)1(6)7/h1-7,18H;(H,6,7). The van der Waals surface area contributed by atoms with Crippen LogP contribution in [-0.2, 0) is 4.79 Å². The maximum atomic E-state index is 10.6. The molecule has 0 spiro atoms. The average molecular weight is 388 g/mol. The van der Waals surface area contributed by atoms with Crippen LogP contribution in [0.3, 0.4) is 0 Å². The molecule has 0 saturated carbocycles. The molecule has 0 amide bonds. The SMILES string of the molecule is O=C(O)C(F)(F)F.Oc1ccc(Cl)cc1-c1nnc(-c2cccnc2)o1. The highest BCUT2D eigenvalue weighted by Crippen LogP contribution is 2.32. The van der Waals surface area contributed by atoms with Crippen molar-refractivity contribution in [1.82, 2.24) is 15.2 Å². The van der Waals surface area contributed by atoms with Gasteiger partial charge in [-0.25, -0.2) is 4.79 Å². The van der Waals surface area contributed by atoms with Gasteiger partial charge in [-0.2, -0.15) is 13.2 Å². The van der Waals surface area contributed by atoms with E-state index >= 15 is 0 Å². The van der Waals surface area contributed by atoms with Crippen LogP contribution >= 0.6 is 11.6 Å². The van der Waals surface area contributed by atoms with Crippen LogP contribution in [0.15, 0.2) is 47.1 Å². The van der Waals surface area contributed by atoms with Crippen molar-refractivity contribution in [3.05, 3.63) is 47.7 Å². The number of benzene rings is 1. The molecule has 3 rings (SSSR count). The Morgan fingerprint density at radius 3 is 2.38 bits per heavy atom. The third-order valence-corrected chi connectivity index (χ3v) is 3.00. The minimum absolute atomic E-state index is 0.0331. The van der Waals surface area contributed by atoms with E-state index in [9.17, 15) is 18.3 Å². The molecule has 2 aromatic heterocycles. The first-order valence-electron chi connectivity index (χ1n) is 6.71. The average Bonchev–Trinajstić information content (AvgIpc) is 3.07. The summed E-state index contributed by atoms with van der Waals surface area (Å²) in [7, 11) is 0. The number of aromatic hydroxyl groups is 1. The number of hydrogen-bond donors (Lipinski definition) is 2. The van der Waals surface area contributed by atoms with Crippen LogP contribution in [0.5, 0.6) is 5.75 Å². The van der Waals surface area contributed by atoms with Crippen LogP contribution in [0, 0.1) is 0 Å². The third kappa shape index (κ3) is 4.93. The molecule has 0 aliphatic carbocycles. The summed E-state index contributed by atoms with van der Waals surface area (Å²) in [5, 5.41) is 25.2. The quantitative estimate of drug-likeness (QED) is 0.688. The number of phenols is 1. The maximum Gasteiger partial charge on any atom is 0.490 e. The van der Waals surface area contributed by atoms with E-state index in [1.54, 1.807) is 30.6 Å². The number of pyridine rings is 1. The minimum Gasteiger partial charge on any atom is -0.507 e. The molecular formula is C15H9ClF3N3O4. The molecule has 2 heterocycles. The number of carboxylic acids is 1. The first kappa shape index (κ1) is 19.2. The Labute approximate surface area is 148 Å². The molecule has 3 aromatic rings. The Hall–Kier alpha value is -3.14. The number of carbonyl (C=O) groups is 1. The lowest BCUT2D eigenvalue weighted by atomic mass is 10.2. The van der Waals surface area contributed by atoms with Gasteiger partial charge in [0.15, 0.2) is 0 Å². The molecule has 0 saturated heterocycles. The summed E-state index contributed by atoms with van der Waals surface area (Å²) in [6, 6.07) is 8.21.